The van der Waals surface area contributed by atoms with E-state index in [1.807, 2.05) is 30.7 Å². The van der Waals surface area contributed by atoms with Gasteiger partial charge in [-0.05, 0) is 67.5 Å². The first-order valence-corrected chi connectivity index (χ1v) is 12.0. The number of rotatable bonds is 10. The second kappa shape index (κ2) is 10.3. The smallest absolute Gasteiger partial charge is 0.254 e. The number of carbonyl (C=O) groups is 1. The molecular formula is C20H28FN3O3S2. The molecule has 1 amide bonds. The summed E-state index contributed by atoms with van der Waals surface area (Å²) >= 11 is 1.58. The van der Waals surface area contributed by atoms with Crippen LogP contribution in [0, 0.1) is 5.82 Å². The van der Waals surface area contributed by atoms with Crippen LogP contribution >= 0.6 is 11.3 Å². The van der Waals surface area contributed by atoms with Crippen molar-refractivity contribution in [2.45, 2.75) is 44.7 Å². The topological polar surface area (TPSA) is 78.5 Å². The Morgan fingerprint density at radius 1 is 1.21 bits per heavy atom. The monoisotopic (exact) mass is 441 g/mol. The molecule has 0 aliphatic carbocycles. The van der Waals surface area contributed by atoms with Gasteiger partial charge < -0.3 is 5.32 Å². The molecule has 6 nitrogen and oxygen atoms in total. The molecule has 1 heterocycles. The van der Waals surface area contributed by atoms with E-state index in [-0.39, 0.29) is 29.1 Å². The van der Waals surface area contributed by atoms with Gasteiger partial charge >= 0.3 is 0 Å². The highest BCUT2D eigenvalue weighted by Gasteiger charge is 2.23. The van der Waals surface area contributed by atoms with Crippen LogP contribution in [0.5, 0.6) is 0 Å². The van der Waals surface area contributed by atoms with E-state index < -0.39 is 21.7 Å². The quantitative estimate of drug-likeness (QED) is 0.592. The molecule has 9 heteroatoms. The average Bonchev–Trinajstić information content (AvgIpc) is 3.18. The molecule has 160 valence electrons. The van der Waals surface area contributed by atoms with Crippen LogP contribution in [0.3, 0.4) is 0 Å². The highest BCUT2D eigenvalue weighted by molar-refractivity contribution is 7.89. The molecule has 1 unspecified atom stereocenters. The fourth-order valence-corrected chi connectivity index (χ4v) is 5.08. The first-order chi connectivity index (χ1) is 13.7. The standard InChI is InChI=1S/C20H28FN3O3S2/c1-5-24(6-2)19(15-9-10-28-13-15)12-22-20(25)17-11-16(7-8-18(17)21)29(26,27)23-14(3)4/h7-11,13-14,19,23H,5-6,12H2,1-4H3,(H,22,25). The van der Waals surface area contributed by atoms with Gasteiger partial charge in [-0.2, -0.15) is 11.3 Å². The van der Waals surface area contributed by atoms with E-state index in [0.717, 1.165) is 36.9 Å². The van der Waals surface area contributed by atoms with Crippen molar-refractivity contribution in [3.05, 3.63) is 52.0 Å². The number of benzene rings is 1. The summed E-state index contributed by atoms with van der Waals surface area (Å²) in [5, 5.41) is 6.77. The normalized spacial score (nSPS) is 13.1. The van der Waals surface area contributed by atoms with Gasteiger partial charge in [0.2, 0.25) is 10.0 Å². The highest BCUT2D eigenvalue weighted by atomic mass is 32.2. The number of sulfonamides is 1. The van der Waals surface area contributed by atoms with Gasteiger partial charge in [0.25, 0.3) is 5.91 Å². The third-order valence-corrected chi connectivity index (χ3v) is 6.88. The number of hydrogen-bond donors (Lipinski definition) is 2. The largest absolute Gasteiger partial charge is 0.350 e. The second-order valence-corrected chi connectivity index (χ2v) is 9.42. The van der Waals surface area contributed by atoms with Crippen LogP contribution in [-0.4, -0.2) is 44.9 Å². The predicted octanol–water partition coefficient (Wildman–Crippen LogP) is 3.39. The number of likely N-dealkylation sites (N-methyl/N-ethyl adjacent to an activating group) is 1. The van der Waals surface area contributed by atoms with Gasteiger partial charge in [0.1, 0.15) is 5.82 Å². The van der Waals surface area contributed by atoms with Gasteiger partial charge in [-0.25, -0.2) is 17.5 Å². The molecule has 0 spiro atoms. The van der Waals surface area contributed by atoms with Crippen LogP contribution in [0.1, 0.15) is 49.7 Å². The van der Waals surface area contributed by atoms with E-state index in [9.17, 15) is 17.6 Å². The maximum atomic E-state index is 14.3. The SMILES string of the molecule is CCN(CC)C(CNC(=O)c1cc(S(=O)(=O)NC(C)C)ccc1F)c1ccsc1. The molecule has 0 bridgehead atoms. The maximum Gasteiger partial charge on any atom is 0.254 e. The Morgan fingerprint density at radius 3 is 2.45 bits per heavy atom. The zero-order valence-electron chi connectivity index (χ0n) is 17.1. The molecule has 2 aromatic rings. The number of thiophene rings is 1. The summed E-state index contributed by atoms with van der Waals surface area (Å²) in [5.74, 6) is -1.41. The van der Waals surface area contributed by atoms with Gasteiger partial charge in [0.15, 0.2) is 0 Å². The predicted molar refractivity (Wildman–Crippen MR) is 114 cm³/mol. The van der Waals surface area contributed by atoms with Crippen LogP contribution in [0.2, 0.25) is 0 Å². The molecule has 0 aliphatic heterocycles. The first-order valence-electron chi connectivity index (χ1n) is 9.55. The Hall–Kier alpha value is -1.81. The third kappa shape index (κ3) is 6.08. The molecule has 1 aromatic carbocycles. The Balaban J connectivity index is 2.22. The zero-order chi connectivity index (χ0) is 21.6. The van der Waals surface area contributed by atoms with Crippen molar-refractivity contribution in [3.63, 3.8) is 0 Å². The lowest BCUT2D eigenvalue weighted by Gasteiger charge is -2.29. The molecule has 0 radical (unpaired) electrons. The fourth-order valence-electron chi connectivity index (χ4n) is 3.10. The van der Waals surface area contributed by atoms with Gasteiger partial charge in [-0.15, -0.1) is 0 Å². The van der Waals surface area contributed by atoms with Gasteiger partial charge in [-0.1, -0.05) is 13.8 Å². The Bertz CT molecular complexity index is 911. The lowest BCUT2D eigenvalue weighted by molar-refractivity contribution is 0.0930. The molecule has 0 saturated carbocycles. The van der Waals surface area contributed by atoms with Crippen molar-refractivity contribution in [1.29, 1.82) is 0 Å². The number of nitrogens with one attached hydrogen (secondary N) is 2. The van der Waals surface area contributed by atoms with E-state index in [1.165, 1.54) is 0 Å². The van der Waals surface area contributed by atoms with Crippen molar-refractivity contribution >= 4 is 27.3 Å². The Morgan fingerprint density at radius 2 is 1.90 bits per heavy atom. The summed E-state index contributed by atoms with van der Waals surface area (Å²) in [4.78, 5) is 14.7. The lowest BCUT2D eigenvalue weighted by atomic mass is 10.1. The minimum absolute atomic E-state index is 0.0437. The van der Waals surface area contributed by atoms with Crippen molar-refractivity contribution in [2.24, 2.45) is 0 Å². The first kappa shape index (κ1) is 23.5. The Labute approximate surface area is 176 Å². The van der Waals surface area contributed by atoms with Crippen molar-refractivity contribution in [1.82, 2.24) is 14.9 Å². The van der Waals surface area contributed by atoms with Gasteiger partial charge in [0.05, 0.1) is 16.5 Å². The average molecular weight is 442 g/mol. The molecule has 2 rings (SSSR count). The highest BCUT2D eigenvalue weighted by Crippen LogP contribution is 2.23. The van der Waals surface area contributed by atoms with E-state index in [1.54, 1.807) is 25.2 Å². The summed E-state index contributed by atoms with van der Waals surface area (Å²) < 4.78 is 41.4. The summed E-state index contributed by atoms with van der Waals surface area (Å²) in [5.41, 5.74) is 0.789. The van der Waals surface area contributed by atoms with Crippen LogP contribution in [0.15, 0.2) is 39.9 Å². The summed E-state index contributed by atoms with van der Waals surface area (Å²) in [6, 6.07) is 4.88. The van der Waals surface area contributed by atoms with Crippen LogP contribution in [0.25, 0.3) is 0 Å². The van der Waals surface area contributed by atoms with Crippen molar-refractivity contribution in [3.8, 4) is 0 Å². The van der Waals surface area contributed by atoms with Crippen LogP contribution < -0.4 is 10.0 Å². The summed E-state index contributed by atoms with van der Waals surface area (Å²) in [7, 11) is -3.82. The molecule has 0 fully saturated rings. The Kier molecular flexibility index (Phi) is 8.33. The number of nitrogens with zero attached hydrogens (tertiary/aromatic N) is 1. The van der Waals surface area contributed by atoms with Crippen molar-refractivity contribution < 1.29 is 17.6 Å². The number of hydrogen-bond acceptors (Lipinski definition) is 5. The molecule has 1 aromatic heterocycles. The maximum absolute atomic E-state index is 14.3. The van der Waals surface area contributed by atoms with E-state index in [0.29, 0.717) is 0 Å². The molecule has 2 N–H and O–H groups in total. The molecule has 29 heavy (non-hydrogen) atoms. The molecule has 0 saturated heterocycles. The number of halogens is 1. The van der Waals surface area contributed by atoms with Crippen molar-refractivity contribution in [2.75, 3.05) is 19.6 Å². The van der Waals surface area contributed by atoms with E-state index in [4.69, 9.17) is 0 Å². The van der Waals surface area contributed by atoms with Gasteiger partial charge in [-0.3, -0.25) is 9.69 Å². The number of amides is 1. The molecule has 1 atom stereocenters. The molecular weight excluding hydrogens is 413 g/mol. The second-order valence-electron chi connectivity index (χ2n) is 6.92. The summed E-state index contributed by atoms with van der Waals surface area (Å²) in [6.07, 6.45) is 0. The minimum atomic E-state index is -3.82. The third-order valence-electron chi connectivity index (χ3n) is 4.52. The zero-order valence-corrected chi connectivity index (χ0v) is 18.7. The van der Waals surface area contributed by atoms with Crippen LogP contribution in [0.4, 0.5) is 4.39 Å². The number of carbonyl (C=O) groups excluding carboxylic acids is 1. The minimum Gasteiger partial charge on any atom is -0.350 e. The van der Waals surface area contributed by atoms with Gasteiger partial charge in [0, 0.05) is 12.6 Å². The van der Waals surface area contributed by atoms with E-state index in [2.05, 4.69) is 14.9 Å². The van der Waals surface area contributed by atoms with Crippen LogP contribution in [-0.2, 0) is 10.0 Å². The lowest BCUT2D eigenvalue weighted by Crippen LogP contribution is -2.38. The summed E-state index contributed by atoms with van der Waals surface area (Å²) in [6.45, 7) is 9.35. The fraction of sp³-hybridized carbons (Fsp3) is 0.450. The molecule has 0 aliphatic rings. The van der Waals surface area contributed by atoms with E-state index >= 15 is 0 Å².